The molecular weight excluding hydrogens is 323 g/mol. The van der Waals surface area contributed by atoms with Crippen molar-refractivity contribution in [2.45, 2.75) is 6.04 Å². The SMILES string of the molecule is COc1cccc(OCC(=O)N2CCNCC2c2cccc(F)c2)c1. The minimum absolute atomic E-state index is 0.0705. The fourth-order valence-electron chi connectivity index (χ4n) is 2.93. The van der Waals surface area contributed by atoms with Crippen molar-refractivity contribution < 1.29 is 18.7 Å². The van der Waals surface area contributed by atoms with Gasteiger partial charge in [0.05, 0.1) is 13.2 Å². The van der Waals surface area contributed by atoms with Gasteiger partial charge < -0.3 is 19.7 Å². The number of nitrogens with zero attached hydrogens (tertiary/aromatic N) is 1. The number of rotatable bonds is 5. The molecule has 0 saturated carbocycles. The number of hydrogen-bond acceptors (Lipinski definition) is 4. The Hall–Kier alpha value is -2.60. The maximum atomic E-state index is 13.5. The van der Waals surface area contributed by atoms with Crippen LogP contribution in [-0.2, 0) is 4.79 Å². The first-order valence-electron chi connectivity index (χ1n) is 8.20. The molecular formula is C19H21FN2O3. The number of nitrogens with one attached hydrogen (secondary N) is 1. The molecule has 25 heavy (non-hydrogen) atoms. The monoisotopic (exact) mass is 344 g/mol. The summed E-state index contributed by atoms with van der Waals surface area (Å²) in [6.45, 7) is 1.78. The van der Waals surface area contributed by atoms with Crippen LogP contribution in [0.25, 0.3) is 0 Å². The zero-order valence-corrected chi connectivity index (χ0v) is 14.1. The highest BCUT2D eigenvalue weighted by Gasteiger charge is 2.28. The van der Waals surface area contributed by atoms with Crippen molar-refractivity contribution in [1.82, 2.24) is 10.2 Å². The number of carbonyl (C=O) groups excluding carboxylic acids is 1. The molecule has 1 aliphatic heterocycles. The van der Waals surface area contributed by atoms with Crippen molar-refractivity contribution >= 4 is 5.91 Å². The van der Waals surface area contributed by atoms with Gasteiger partial charge >= 0.3 is 0 Å². The van der Waals surface area contributed by atoms with Gasteiger partial charge in [-0.3, -0.25) is 4.79 Å². The lowest BCUT2D eigenvalue weighted by Gasteiger charge is -2.36. The van der Waals surface area contributed by atoms with Crippen LogP contribution < -0.4 is 14.8 Å². The van der Waals surface area contributed by atoms with Crippen molar-refractivity contribution in [1.29, 1.82) is 0 Å². The molecule has 1 unspecified atom stereocenters. The molecule has 3 rings (SSSR count). The molecule has 1 N–H and O–H groups in total. The number of benzene rings is 2. The van der Waals surface area contributed by atoms with Gasteiger partial charge in [-0.2, -0.15) is 0 Å². The Labute approximate surface area is 146 Å². The Balaban J connectivity index is 1.68. The van der Waals surface area contributed by atoms with Crippen LogP contribution in [0, 0.1) is 5.82 Å². The molecule has 1 amide bonds. The van der Waals surface area contributed by atoms with Crippen LogP contribution in [0.1, 0.15) is 11.6 Å². The van der Waals surface area contributed by atoms with Crippen LogP contribution in [0.2, 0.25) is 0 Å². The summed E-state index contributed by atoms with van der Waals surface area (Å²) in [5.41, 5.74) is 0.780. The smallest absolute Gasteiger partial charge is 0.261 e. The topological polar surface area (TPSA) is 50.8 Å². The quantitative estimate of drug-likeness (QED) is 0.905. The van der Waals surface area contributed by atoms with E-state index < -0.39 is 0 Å². The first-order valence-corrected chi connectivity index (χ1v) is 8.20. The lowest BCUT2D eigenvalue weighted by Crippen LogP contribution is -2.50. The van der Waals surface area contributed by atoms with E-state index in [0.29, 0.717) is 31.1 Å². The van der Waals surface area contributed by atoms with E-state index in [-0.39, 0.29) is 24.4 Å². The highest BCUT2D eigenvalue weighted by Crippen LogP contribution is 2.24. The molecule has 132 valence electrons. The normalized spacial score (nSPS) is 17.2. The van der Waals surface area contributed by atoms with Gasteiger partial charge in [0.1, 0.15) is 17.3 Å². The molecule has 2 aromatic rings. The predicted octanol–water partition coefficient (Wildman–Crippen LogP) is 2.39. The summed E-state index contributed by atoms with van der Waals surface area (Å²) >= 11 is 0. The van der Waals surface area contributed by atoms with Gasteiger partial charge in [-0.1, -0.05) is 18.2 Å². The summed E-state index contributed by atoms with van der Waals surface area (Å²) in [7, 11) is 1.58. The van der Waals surface area contributed by atoms with Crippen molar-refractivity contribution in [3.8, 4) is 11.5 Å². The van der Waals surface area contributed by atoms with Crippen LogP contribution in [0.5, 0.6) is 11.5 Å². The molecule has 6 heteroatoms. The third-order valence-corrected chi connectivity index (χ3v) is 4.20. The van der Waals surface area contributed by atoms with Crippen LogP contribution in [0.4, 0.5) is 4.39 Å². The maximum Gasteiger partial charge on any atom is 0.261 e. The molecule has 1 heterocycles. The van der Waals surface area contributed by atoms with E-state index >= 15 is 0 Å². The third kappa shape index (κ3) is 4.28. The van der Waals surface area contributed by atoms with E-state index in [0.717, 1.165) is 5.56 Å². The van der Waals surface area contributed by atoms with E-state index in [2.05, 4.69) is 5.32 Å². The van der Waals surface area contributed by atoms with Crippen molar-refractivity contribution in [3.63, 3.8) is 0 Å². The van der Waals surface area contributed by atoms with Gasteiger partial charge in [0.25, 0.3) is 5.91 Å². The van der Waals surface area contributed by atoms with Crippen molar-refractivity contribution in [2.24, 2.45) is 0 Å². The average Bonchev–Trinajstić information content (AvgIpc) is 2.66. The Bertz CT molecular complexity index is 738. The third-order valence-electron chi connectivity index (χ3n) is 4.20. The van der Waals surface area contributed by atoms with Gasteiger partial charge in [-0.15, -0.1) is 0 Å². The van der Waals surface area contributed by atoms with Gasteiger partial charge in [0, 0.05) is 25.7 Å². The molecule has 0 radical (unpaired) electrons. The van der Waals surface area contributed by atoms with E-state index in [1.165, 1.54) is 12.1 Å². The van der Waals surface area contributed by atoms with Gasteiger partial charge in [0.2, 0.25) is 0 Å². The van der Waals surface area contributed by atoms with Gasteiger partial charge in [0.15, 0.2) is 6.61 Å². The number of amides is 1. The molecule has 0 spiro atoms. The minimum Gasteiger partial charge on any atom is -0.497 e. The Kier molecular flexibility index (Phi) is 5.50. The second-order valence-electron chi connectivity index (χ2n) is 5.83. The zero-order valence-electron chi connectivity index (χ0n) is 14.1. The van der Waals surface area contributed by atoms with E-state index in [9.17, 15) is 9.18 Å². The number of carbonyl (C=O) groups is 1. The van der Waals surface area contributed by atoms with Gasteiger partial charge in [-0.25, -0.2) is 4.39 Å². The van der Waals surface area contributed by atoms with Crippen molar-refractivity contribution in [3.05, 3.63) is 59.9 Å². The first kappa shape index (κ1) is 17.2. The summed E-state index contributed by atoms with van der Waals surface area (Å²) in [4.78, 5) is 14.4. The summed E-state index contributed by atoms with van der Waals surface area (Å²) in [6, 6.07) is 13.3. The fourth-order valence-corrected chi connectivity index (χ4v) is 2.93. The van der Waals surface area contributed by atoms with Gasteiger partial charge in [-0.05, 0) is 29.8 Å². The molecule has 5 nitrogen and oxygen atoms in total. The highest BCUT2D eigenvalue weighted by molar-refractivity contribution is 5.78. The number of ether oxygens (including phenoxy) is 2. The summed E-state index contributed by atoms with van der Waals surface area (Å²) < 4.78 is 24.3. The van der Waals surface area contributed by atoms with Crippen LogP contribution in [0.3, 0.4) is 0 Å². The molecule has 1 saturated heterocycles. The largest absolute Gasteiger partial charge is 0.497 e. The zero-order chi connectivity index (χ0) is 17.6. The summed E-state index contributed by atoms with van der Waals surface area (Å²) in [5, 5.41) is 3.25. The number of piperazine rings is 1. The van der Waals surface area contributed by atoms with Crippen LogP contribution in [-0.4, -0.2) is 44.2 Å². The molecule has 1 aliphatic rings. The van der Waals surface area contributed by atoms with Crippen LogP contribution in [0.15, 0.2) is 48.5 Å². The Morgan fingerprint density at radius 1 is 1.24 bits per heavy atom. The predicted molar refractivity (Wildman–Crippen MR) is 92.2 cm³/mol. The fraction of sp³-hybridized carbons (Fsp3) is 0.316. The number of halogens is 1. The molecule has 1 atom stereocenters. The lowest BCUT2D eigenvalue weighted by molar-refractivity contribution is -0.136. The van der Waals surface area contributed by atoms with E-state index in [1.807, 2.05) is 12.1 Å². The van der Waals surface area contributed by atoms with Crippen LogP contribution >= 0.6 is 0 Å². The van der Waals surface area contributed by atoms with E-state index in [4.69, 9.17) is 9.47 Å². The molecule has 0 aliphatic carbocycles. The lowest BCUT2D eigenvalue weighted by atomic mass is 10.0. The molecule has 2 aromatic carbocycles. The van der Waals surface area contributed by atoms with Crippen molar-refractivity contribution in [2.75, 3.05) is 33.4 Å². The number of methoxy groups -OCH3 is 1. The minimum atomic E-state index is -0.303. The Morgan fingerprint density at radius 2 is 2.04 bits per heavy atom. The second kappa shape index (κ2) is 7.98. The first-order chi connectivity index (χ1) is 12.2. The molecule has 0 aromatic heterocycles. The molecule has 0 bridgehead atoms. The maximum absolute atomic E-state index is 13.5. The summed E-state index contributed by atoms with van der Waals surface area (Å²) in [6.07, 6.45) is 0. The Morgan fingerprint density at radius 3 is 2.84 bits per heavy atom. The standard InChI is InChI=1S/C19H21FN2O3/c1-24-16-6-3-7-17(11-16)25-13-19(23)22-9-8-21-12-18(22)14-4-2-5-15(20)10-14/h2-7,10-11,18,21H,8-9,12-13H2,1H3. The molecule has 1 fully saturated rings. The average molecular weight is 344 g/mol. The number of hydrogen-bond donors (Lipinski definition) is 1. The highest BCUT2D eigenvalue weighted by atomic mass is 19.1. The second-order valence-corrected chi connectivity index (χ2v) is 5.83. The van der Waals surface area contributed by atoms with E-state index in [1.54, 1.807) is 36.3 Å². The summed E-state index contributed by atoms with van der Waals surface area (Å²) in [5.74, 6) is 0.816.